The summed E-state index contributed by atoms with van der Waals surface area (Å²) in [6.45, 7) is 5.79. The van der Waals surface area contributed by atoms with Crippen molar-refractivity contribution in [2.45, 2.75) is 51.9 Å². The average Bonchev–Trinajstić information content (AvgIpc) is 2.55. The van der Waals surface area contributed by atoms with E-state index in [4.69, 9.17) is 0 Å². The number of nitrogens with zero attached hydrogens (tertiary/aromatic N) is 1. The van der Waals surface area contributed by atoms with Gasteiger partial charge in [-0.05, 0) is 63.7 Å². The molecule has 1 fully saturated rings. The fourth-order valence-electron chi connectivity index (χ4n) is 2.90. The molecule has 0 bridgehead atoms. The highest BCUT2D eigenvalue weighted by molar-refractivity contribution is 5.96. The third kappa shape index (κ3) is 5.62. The Kier molecular flexibility index (Phi) is 6.94. The maximum atomic E-state index is 12.1. The maximum Gasteiger partial charge on any atom is 0.162 e. The van der Waals surface area contributed by atoms with E-state index in [0.717, 1.165) is 18.4 Å². The molecule has 0 aliphatic carbocycles. The number of rotatable bonds is 8. The standard InChI is InChI=1S/C19H28NO/c1-2-17-10-12-18(13-11-17)19(21)9-5-3-6-14-20-15-7-4-8-16-20/h4,10-13H,2-3,5-9,14-16H2,1H3. The van der Waals surface area contributed by atoms with Gasteiger partial charge in [-0.25, -0.2) is 0 Å². The first-order chi connectivity index (χ1) is 10.3. The number of piperidine rings is 1. The van der Waals surface area contributed by atoms with Gasteiger partial charge in [0.2, 0.25) is 0 Å². The minimum atomic E-state index is 0.297. The Morgan fingerprint density at radius 1 is 1.05 bits per heavy atom. The van der Waals surface area contributed by atoms with Gasteiger partial charge in [0.1, 0.15) is 0 Å². The van der Waals surface area contributed by atoms with E-state index in [1.165, 1.54) is 50.9 Å². The molecule has 1 heterocycles. The van der Waals surface area contributed by atoms with Gasteiger partial charge in [-0.2, -0.15) is 0 Å². The number of hydrogen-bond donors (Lipinski definition) is 0. The second-order valence-electron chi connectivity index (χ2n) is 5.99. The van der Waals surface area contributed by atoms with E-state index in [1.54, 1.807) is 0 Å². The number of benzene rings is 1. The Morgan fingerprint density at radius 2 is 1.76 bits per heavy atom. The Bertz CT molecular complexity index is 418. The molecule has 1 aromatic rings. The van der Waals surface area contributed by atoms with Crippen molar-refractivity contribution >= 4 is 5.78 Å². The summed E-state index contributed by atoms with van der Waals surface area (Å²) in [7, 11) is 0. The minimum Gasteiger partial charge on any atom is -0.303 e. The molecule has 0 atom stereocenters. The molecule has 0 spiro atoms. The van der Waals surface area contributed by atoms with Crippen molar-refractivity contribution < 1.29 is 4.79 Å². The first kappa shape index (κ1) is 16.2. The molecule has 0 unspecified atom stereocenters. The first-order valence-electron chi connectivity index (χ1n) is 8.45. The summed E-state index contributed by atoms with van der Waals surface area (Å²) >= 11 is 0. The number of carbonyl (C=O) groups excluding carboxylic acids is 1. The highest BCUT2D eigenvalue weighted by atomic mass is 16.1. The molecular formula is C19H28NO. The van der Waals surface area contributed by atoms with Crippen LogP contribution in [-0.2, 0) is 6.42 Å². The van der Waals surface area contributed by atoms with Gasteiger partial charge < -0.3 is 4.90 Å². The molecule has 21 heavy (non-hydrogen) atoms. The van der Waals surface area contributed by atoms with Crippen LogP contribution < -0.4 is 0 Å². The monoisotopic (exact) mass is 286 g/mol. The summed E-state index contributed by atoms with van der Waals surface area (Å²) in [5.74, 6) is 0.297. The van der Waals surface area contributed by atoms with E-state index in [9.17, 15) is 4.79 Å². The third-order valence-electron chi connectivity index (χ3n) is 4.36. The molecule has 1 saturated heterocycles. The van der Waals surface area contributed by atoms with E-state index >= 15 is 0 Å². The van der Waals surface area contributed by atoms with Crippen LogP contribution in [0.4, 0.5) is 0 Å². The van der Waals surface area contributed by atoms with Gasteiger partial charge >= 0.3 is 0 Å². The van der Waals surface area contributed by atoms with Crippen molar-refractivity contribution in [3.8, 4) is 0 Å². The molecule has 2 rings (SSSR count). The SMILES string of the molecule is CCc1ccc(C(=O)CCCCCN2CC[CH]CC2)cc1. The topological polar surface area (TPSA) is 20.3 Å². The fraction of sp³-hybridized carbons (Fsp3) is 0.579. The molecular weight excluding hydrogens is 258 g/mol. The molecule has 2 nitrogen and oxygen atoms in total. The van der Waals surface area contributed by atoms with Gasteiger partial charge in [0, 0.05) is 12.0 Å². The van der Waals surface area contributed by atoms with E-state index in [-0.39, 0.29) is 0 Å². The van der Waals surface area contributed by atoms with Crippen molar-refractivity contribution in [3.05, 3.63) is 41.8 Å². The zero-order valence-corrected chi connectivity index (χ0v) is 13.3. The Hall–Kier alpha value is -1.15. The van der Waals surface area contributed by atoms with Gasteiger partial charge in [0.15, 0.2) is 5.78 Å². The summed E-state index contributed by atoms with van der Waals surface area (Å²) in [4.78, 5) is 14.6. The molecule has 0 aromatic heterocycles. The van der Waals surface area contributed by atoms with Crippen molar-refractivity contribution in [1.82, 2.24) is 4.90 Å². The molecule has 1 aromatic carbocycles. The van der Waals surface area contributed by atoms with Crippen LogP contribution in [0.1, 0.15) is 61.4 Å². The average molecular weight is 286 g/mol. The molecule has 0 saturated carbocycles. The Morgan fingerprint density at radius 3 is 2.43 bits per heavy atom. The van der Waals surface area contributed by atoms with E-state index < -0.39 is 0 Å². The molecule has 1 radical (unpaired) electrons. The number of unbranched alkanes of at least 4 members (excludes halogenated alkanes) is 2. The first-order valence-corrected chi connectivity index (χ1v) is 8.45. The third-order valence-corrected chi connectivity index (χ3v) is 4.36. The van der Waals surface area contributed by atoms with Crippen LogP contribution in [0.15, 0.2) is 24.3 Å². The van der Waals surface area contributed by atoms with Gasteiger partial charge in [-0.15, -0.1) is 0 Å². The van der Waals surface area contributed by atoms with Gasteiger partial charge in [-0.1, -0.05) is 37.6 Å². The van der Waals surface area contributed by atoms with Crippen LogP contribution >= 0.6 is 0 Å². The van der Waals surface area contributed by atoms with Gasteiger partial charge in [0.25, 0.3) is 0 Å². The molecule has 1 aliphatic heterocycles. The summed E-state index contributed by atoms with van der Waals surface area (Å²) in [6.07, 6.45) is 10.0. The van der Waals surface area contributed by atoms with Gasteiger partial charge in [0.05, 0.1) is 0 Å². The normalized spacial score (nSPS) is 16.0. The summed E-state index contributed by atoms with van der Waals surface area (Å²) in [5.41, 5.74) is 2.17. The summed E-state index contributed by atoms with van der Waals surface area (Å²) in [6, 6.07) is 8.10. The summed E-state index contributed by atoms with van der Waals surface area (Å²) in [5, 5.41) is 0. The van der Waals surface area contributed by atoms with Gasteiger partial charge in [-0.3, -0.25) is 4.79 Å². The lowest BCUT2D eigenvalue weighted by Crippen LogP contribution is -2.30. The molecule has 1 aliphatic rings. The van der Waals surface area contributed by atoms with E-state index in [1.807, 2.05) is 12.1 Å². The zero-order valence-electron chi connectivity index (χ0n) is 13.3. The van der Waals surface area contributed by atoms with Crippen molar-refractivity contribution in [1.29, 1.82) is 0 Å². The predicted molar refractivity (Wildman–Crippen MR) is 88.6 cm³/mol. The highest BCUT2D eigenvalue weighted by Gasteiger charge is 2.09. The van der Waals surface area contributed by atoms with Crippen molar-refractivity contribution in [2.24, 2.45) is 0 Å². The lowest BCUT2D eigenvalue weighted by molar-refractivity contribution is 0.0978. The number of ketones is 1. The minimum absolute atomic E-state index is 0.297. The van der Waals surface area contributed by atoms with Crippen molar-refractivity contribution in [2.75, 3.05) is 19.6 Å². The number of likely N-dealkylation sites (tertiary alicyclic amines) is 1. The quantitative estimate of drug-likeness (QED) is 0.525. The van der Waals surface area contributed by atoms with Crippen LogP contribution in [0.2, 0.25) is 0 Å². The zero-order chi connectivity index (χ0) is 14.9. The summed E-state index contributed by atoms with van der Waals surface area (Å²) < 4.78 is 0. The van der Waals surface area contributed by atoms with Crippen molar-refractivity contribution in [3.63, 3.8) is 0 Å². The number of Topliss-reactive ketones (excluding diaryl/α,β-unsaturated/α-hetero) is 1. The Balaban J connectivity index is 1.60. The second kappa shape index (κ2) is 8.99. The van der Waals surface area contributed by atoms with Crippen LogP contribution in [0, 0.1) is 6.42 Å². The van der Waals surface area contributed by atoms with Crippen LogP contribution in [0.5, 0.6) is 0 Å². The lowest BCUT2D eigenvalue weighted by Gasteiger charge is -2.26. The maximum absolute atomic E-state index is 12.1. The van der Waals surface area contributed by atoms with Crippen LogP contribution in [0.3, 0.4) is 0 Å². The Labute approximate surface area is 129 Å². The molecule has 0 amide bonds. The number of hydrogen-bond acceptors (Lipinski definition) is 2. The van der Waals surface area contributed by atoms with Crippen LogP contribution in [-0.4, -0.2) is 30.3 Å². The van der Waals surface area contributed by atoms with Crippen LogP contribution in [0.25, 0.3) is 0 Å². The largest absolute Gasteiger partial charge is 0.303 e. The van der Waals surface area contributed by atoms with E-state index in [2.05, 4.69) is 30.4 Å². The lowest BCUT2D eigenvalue weighted by atomic mass is 10.0. The smallest absolute Gasteiger partial charge is 0.162 e. The molecule has 115 valence electrons. The highest BCUT2D eigenvalue weighted by Crippen LogP contribution is 2.12. The molecule has 0 N–H and O–H groups in total. The number of aryl methyl sites for hydroxylation is 1. The fourth-order valence-corrected chi connectivity index (χ4v) is 2.90. The molecule has 2 heteroatoms. The predicted octanol–water partition coefficient (Wildman–Crippen LogP) is 4.29. The van der Waals surface area contributed by atoms with E-state index in [0.29, 0.717) is 12.2 Å². The number of carbonyl (C=O) groups is 1. The second-order valence-corrected chi connectivity index (χ2v) is 5.99.